The molecule has 0 aromatic rings. The first kappa shape index (κ1) is 20.2. The highest BCUT2D eigenvalue weighted by molar-refractivity contribution is 5.85. The van der Waals surface area contributed by atoms with Gasteiger partial charge in [-0.3, -0.25) is 9.59 Å². The van der Waals surface area contributed by atoms with Gasteiger partial charge in [-0.15, -0.1) is 12.4 Å². The summed E-state index contributed by atoms with van der Waals surface area (Å²) in [6.45, 7) is 6.99. The van der Waals surface area contributed by atoms with Crippen LogP contribution in [-0.4, -0.2) is 74.0 Å². The van der Waals surface area contributed by atoms with Gasteiger partial charge in [0.1, 0.15) is 0 Å². The van der Waals surface area contributed by atoms with Gasteiger partial charge < -0.3 is 20.4 Å². The standard InChI is InChI=1S/C16H30N4O2.ClH/c21-15(14-20-11-4-2-1-3-6-16(20)22)18-7-5-10-19-12-8-17-9-13-19;/h17H,1-14H2,(H,18,21);1H. The summed E-state index contributed by atoms with van der Waals surface area (Å²) in [7, 11) is 0. The molecule has 2 heterocycles. The van der Waals surface area contributed by atoms with Crippen molar-refractivity contribution >= 4 is 24.2 Å². The molecule has 0 spiro atoms. The molecule has 0 aliphatic carbocycles. The van der Waals surface area contributed by atoms with Crippen molar-refractivity contribution in [2.24, 2.45) is 0 Å². The molecule has 23 heavy (non-hydrogen) atoms. The molecule has 2 aliphatic rings. The Bertz CT molecular complexity index is 362. The molecule has 2 N–H and O–H groups in total. The van der Waals surface area contributed by atoms with Gasteiger partial charge in [0.2, 0.25) is 11.8 Å². The predicted molar refractivity (Wildman–Crippen MR) is 93.8 cm³/mol. The van der Waals surface area contributed by atoms with Crippen molar-refractivity contribution in [2.75, 3.05) is 52.4 Å². The molecule has 2 aliphatic heterocycles. The van der Waals surface area contributed by atoms with E-state index in [9.17, 15) is 9.59 Å². The van der Waals surface area contributed by atoms with E-state index in [1.165, 1.54) is 0 Å². The summed E-state index contributed by atoms with van der Waals surface area (Å²) in [5, 5.41) is 6.28. The van der Waals surface area contributed by atoms with Gasteiger partial charge >= 0.3 is 0 Å². The Balaban J connectivity index is 0.00000264. The molecule has 0 aromatic carbocycles. The second kappa shape index (κ2) is 11.6. The Labute approximate surface area is 145 Å². The van der Waals surface area contributed by atoms with Crippen molar-refractivity contribution in [2.45, 2.75) is 38.5 Å². The molecule has 2 saturated heterocycles. The number of amides is 2. The van der Waals surface area contributed by atoms with Crippen molar-refractivity contribution in [3.8, 4) is 0 Å². The predicted octanol–water partition coefficient (Wildman–Crippen LogP) is 0.612. The molecule has 134 valence electrons. The monoisotopic (exact) mass is 346 g/mol. The minimum absolute atomic E-state index is 0. The van der Waals surface area contributed by atoms with Crippen molar-refractivity contribution in [3.63, 3.8) is 0 Å². The van der Waals surface area contributed by atoms with Crippen LogP contribution in [0.2, 0.25) is 0 Å². The lowest BCUT2D eigenvalue weighted by atomic mass is 10.1. The van der Waals surface area contributed by atoms with E-state index in [-0.39, 0.29) is 30.8 Å². The average Bonchev–Trinajstić information content (AvgIpc) is 2.52. The highest BCUT2D eigenvalue weighted by Crippen LogP contribution is 2.11. The lowest BCUT2D eigenvalue weighted by molar-refractivity contribution is -0.136. The number of rotatable bonds is 6. The Morgan fingerprint density at radius 2 is 1.83 bits per heavy atom. The Hall–Kier alpha value is -0.850. The van der Waals surface area contributed by atoms with E-state index in [0.717, 1.165) is 71.4 Å². The van der Waals surface area contributed by atoms with Crippen LogP contribution in [0.4, 0.5) is 0 Å². The summed E-state index contributed by atoms with van der Waals surface area (Å²) in [6, 6.07) is 0. The molecule has 0 radical (unpaired) electrons. The molecule has 0 aromatic heterocycles. The topological polar surface area (TPSA) is 64.7 Å². The number of halogens is 1. The van der Waals surface area contributed by atoms with Crippen LogP contribution in [0, 0.1) is 0 Å². The summed E-state index contributed by atoms with van der Waals surface area (Å²) in [4.78, 5) is 28.1. The molecule has 0 bridgehead atoms. The van der Waals surface area contributed by atoms with Crippen molar-refractivity contribution in [1.29, 1.82) is 0 Å². The number of piperazine rings is 1. The fraction of sp³-hybridized carbons (Fsp3) is 0.875. The lowest BCUT2D eigenvalue weighted by Crippen LogP contribution is -2.45. The van der Waals surface area contributed by atoms with E-state index < -0.39 is 0 Å². The van der Waals surface area contributed by atoms with Crippen LogP contribution < -0.4 is 10.6 Å². The van der Waals surface area contributed by atoms with Crippen LogP contribution in [0.5, 0.6) is 0 Å². The number of nitrogens with zero attached hydrogens (tertiary/aromatic N) is 2. The van der Waals surface area contributed by atoms with E-state index in [2.05, 4.69) is 15.5 Å². The van der Waals surface area contributed by atoms with Crippen LogP contribution >= 0.6 is 12.4 Å². The second-order valence-electron chi connectivity index (χ2n) is 6.27. The van der Waals surface area contributed by atoms with E-state index in [0.29, 0.717) is 13.0 Å². The first-order chi connectivity index (χ1) is 10.8. The van der Waals surface area contributed by atoms with Crippen LogP contribution in [0.15, 0.2) is 0 Å². The van der Waals surface area contributed by atoms with Crippen molar-refractivity contribution < 1.29 is 9.59 Å². The third-order valence-corrected chi connectivity index (χ3v) is 4.44. The number of carbonyl (C=O) groups is 2. The maximum atomic E-state index is 12.0. The quantitative estimate of drug-likeness (QED) is 0.692. The van der Waals surface area contributed by atoms with Crippen molar-refractivity contribution in [1.82, 2.24) is 20.4 Å². The minimum atomic E-state index is -0.0192. The maximum absolute atomic E-state index is 12.0. The third kappa shape index (κ3) is 7.99. The normalized spacial score (nSPS) is 20.3. The zero-order chi connectivity index (χ0) is 15.6. The number of hydrogen-bond acceptors (Lipinski definition) is 4. The molecular weight excluding hydrogens is 316 g/mol. The number of likely N-dealkylation sites (tertiary alicyclic amines) is 1. The average molecular weight is 347 g/mol. The summed E-state index contributed by atoms with van der Waals surface area (Å²) < 4.78 is 0. The van der Waals surface area contributed by atoms with Crippen LogP contribution in [0.25, 0.3) is 0 Å². The molecule has 2 amide bonds. The molecular formula is C16H31ClN4O2. The Kier molecular flexibility index (Phi) is 10.2. The van der Waals surface area contributed by atoms with Gasteiger partial charge in [0.15, 0.2) is 0 Å². The first-order valence-electron chi connectivity index (χ1n) is 8.73. The smallest absolute Gasteiger partial charge is 0.239 e. The fourth-order valence-electron chi connectivity index (χ4n) is 3.08. The summed E-state index contributed by atoms with van der Waals surface area (Å²) in [5.41, 5.74) is 0. The fourth-order valence-corrected chi connectivity index (χ4v) is 3.08. The van der Waals surface area contributed by atoms with Crippen LogP contribution in [0.3, 0.4) is 0 Å². The minimum Gasteiger partial charge on any atom is -0.355 e. The van der Waals surface area contributed by atoms with Gasteiger partial charge in [-0.1, -0.05) is 12.8 Å². The van der Waals surface area contributed by atoms with Gasteiger partial charge in [0, 0.05) is 45.7 Å². The molecule has 2 fully saturated rings. The zero-order valence-electron chi connectivity index (χ0n) is 14.0. The highest BCUT2D eigenvalue weighted by atomic mass is 35.5. The third-order valence-electron chi connectivity index (χ3n) is 4.44. The second-order valence-corrected chi connectivity index (χ2v) is 6.27. The summed E-state index contributed by atoms with van der Waals surface area (Å²) in [5.74, 6) is 0.116. The molecule has 0 saturated carbocycles. The first-order valence-corrected chi connectivity index (χ1v) is 8.73. The number of nitrogens with one attached hydrogen (secondary N) is 2. The van der Waals surface area contributed by atoms with Gasteiger partial charge in [0.05, 0.1) is 6.54 Å². The molecule has 0 unspecified atom stereocenters. The Morgan fingerprint density at radius 3 is 2.61 bits per heavy atom. The summed E-state index contributed by atoms with van der Waals surface area (Å²) >= 11 is 0. The van der Waals surface area contributed by atoms with Gasteiger partial charge in [-0.25, -0.2) is 0 Å². The SMILES string of the molecule is Cl.O=C(CN1CCCCCCC1=O)NCCCN1CCNCC1. The highest BCUT2D eigenvalue weighted by Gasteiger charge is 2.18. The zero-order valence-corrected chi connectivity index (χ0v) is 14.8. The van der Waals surface area contributed by atoms with Gasteiger partial charge in [-0.05, 0) is 25.8 Å². The van der Waals surface area contributed by atoms with E-state index in [1.54, 1.807) is 4.90 Å². The largest absolute Gasteiger partial charge is 0.355 e. The Morgan fingerprint density at radius 1 is 1.09 bits per heavy atom. The van der Waals surface area contributed by atoms with E-state index in [1.807, 2.05) is 0 Å². The number of hydrogen-bond donors (Lipinski definition) is 2. The molecule has 7 heteroatoms. The van der Waals surface area contributed by atoms with Crippen LogP contribution in [0.1, 0.15) is 38.5 Å². The molecule has 0 atom stereocenters. The van der Waals surface area contributed by atoms with E-state index >= 15 is 0 Å². The van der Waals surface area contributed by atoms with Gasteiger partial charge in [-0.2, -0.15) is 0 Å². The summed E-state index contributed by atoms with van der Waals surface area (Å²) in [6.07, 6.45) is 5.84. The van der Waals surface area contributed by atoms with E-state index in [4.69, 9.17) is 0 Å². The van der Waals surface area contributed by atoms with Gasteiger partial charge in [0.25, 0.3) is 0 Å². The number of carbonyl (C=O) groups excluding carboxylic acids is 2. The lowest BCUT2D eigenvalue weighted by Gasteiger charge is -2.27. The molecule has 6 nitrogen and oxygen atoms in total. The molecule has 2 rings (SSSR count). The van der Waals surface area contributed by atoms with Crippen molar-refractivity contribution in [3.05, 3.63) is 0 Å². The van der Waals surface area contributed by atoms with Crippen LogP contribution in [-0.2, 0) is 9.59 Å². The maximum Gasteiger partial charge on any atom is 0.239 e.